The summed E-state index contributed by atoms with van der Waals surface area (Å²) in [5.74, 6) is 0.840. The summed E-state index contributed by atoms with van der Waals surface area (Å²) in [4.78, 5) is 4.67. The first-order valence-corrected chi connectivity index (χ1v) is 6.28. The third-order valence-electron chi connectivity index (χ3n) is 3.38. The van der Waals surface area contributed by atoms with Gasteiger partial charge in [0.2, 0.25) is 0 Å². The molecule has 3 nitrogen and oxygen atoms in total. The molecule has 18 heavy (non-hydrogen) atoms. The van der Waals surface area contributed by atoms with Crippen LogP contribution in [-0.2, 0) is 19.5 Å². The lowest BCUT2D eigenvalue weighted by Gasteiger charge is -2.01. The standard InChI is InChI=1S/C14H16FN3/c1-16-9-13-17-14(12-6-3-7-18(12)13)10-4-2-5-11(15)8-10/h2,4-5,8,16H,3,6-7,9H2,1H3. The second-order valence-corrected chi connectivity index (χ2v) is 4.62. The summed E-state index contributed by atoms with van der Waals surface area (Å²) in [6, 6.07) is 6.69. The molecule has 0 saturated carbocycles. The fourth-order valence-corrected chi connectivity index (χ4v) is 2.62. The van der Waals surface area contributed by atoms with E-state index in [-0.39, 0.29) is 5.82 Å². The summed E-state index contributed by atoms with van der Waals surface area (Å²) in [7, 11) is 1.92. The van der Waals surface area contributed by atoms with Gasteiger partial charge in [0.05, 0.1) is 12.2 Å². The summed E-state index contributed by atoms with van der Waals surface area (Å²) in [6.07, 6.45) is 2.18. The molecule has 0 bridgehead atoms. The second-order valence-electron chi connectivity index (χ2n) is 4.62. The molecule has 4 heteroatoms. The summed E-state index contributed by atoms with van der Waals surface area (Å²) < 4.78 is 15.6. The molecule has 0 aliphatic carbocycles. The number of nitrogens with one attached hydrogen (secondary N) is 1. The number of halogens is 1. The molecular weight excluding hydrogens is 229 g/mol. The van der Waals surface area contributed by atoms with Crippen molar-refractivity contribution in [1.29, 1.82) is 0 Å². The van der Waals surface area contributed by atoms with Gasteiger partial charge < -0.3 is 9.88 Å². The van der Waals surface area contributed by atoms with Gasteiger partial charge in [-0.05, 0) is 32.0 Å². The number of nitrogens with zero attached hydrogens (tertiary/aromatic N) is 2. The highest BCUT2D eigenvalue weighted by Crippen LogP contribution is 2.29. The Kier molecular flexibility index (Phi) is 2.88. The number of benzene rings is 1. The van der Waals surface area contributed by atoms with Crippen LogP contribution in [0.5, 0.6) is 0 Å². The van der Waals surface area contributed by atoms with Crippen molar-refractivity contribution >= 4 is 0 Å². The summed E-state index contributed by atoms with van der Waals surface area (Å²) in [5.41, 5.74) is 3.06. The van der Waals surface area contributed by atoms with Gasteiger partial charge in [0, 0.05) is 17.8 Å². The summed E-state index contributed by atoms with van der Waals surface area (Å²) >= 11 is 0. The van der Waals surface area contributed by atoms with Crippen LogP contribution >= 0.6 is 0 Å². The molecule has 1 aliphatic rings. The molecule has 1 aromatic carbocycles. The number of hydrogen-bond acceptors (Lipinski definition) is 2. The zero-order valence-electron chi connectivity index (χ0n) is 10.4. The number of hydrogen-bond donors (Lipinski definition) is 1. The number of aromatic nitrogens is 2. The molecule has 94 valence electrons. The van der Waals surface area contributed by atoms with Crippen LogP contribution in [0.25, 0.3) is 11.3 Å². The predicted octanol–water partition coefficient (Wildman–Crippen LogP) is 2.35. The van der Waals surface area contributed by atoms with E-state index in [2.05, 4.69) is 14.9 Å². The number of rotatable bonds is 3. The lowest BCUT2D eigenvalue weighted by Crippen LogP contribution is -2.11. The van der Waals surface area contributed by atoms with Gasteiger partial charge in [0.15, 0.2) is 0 Å². The van der Waals surface area contributed by atoms with Crippen molar-refractivity contribution in [2.75, 3.05) is 7.05 Å². The van der Waals surface area contributed by atoms with Crippen LogP contribution in [0.3, 0.4) is 0 Å². The Hall–Kier alpha value is -1.68. The third-order valence-corrected chi connectivity index (χ3v) is 3.38. The SMILES string of the molecule is CNCc1nc(-c2cccc(F)c2)c2n1CCC2. The van der Waals surface area contributed by atoms with E-state index in [0.717, 1.165) is 43.0 Å². The van der Waals surface area contributed by atoms with E-state index < -0.39 is 0 Å². The first kappa shape index (κ1) is 11.4. The molecule has 0 unspecified atom stereocenters. The Morgan fingerprint density at radius 1 is 1.44 bits per heavy atom. The second kappa shape index (κ2) is 4.53. The molecule has 3 rings (SSSR count). The Morgan fingerprint density at radius 3 is 3.11 bits per heavy atom. The maximum atomic E-state index is 13.3. The predicted molar refractivity (Wildman–Crippen MR) is 68.7 cm³/mol. The molecule has 0 radical (unpaired) electrons. The van der Waals surface area contributed by atoms with Gasteiger partial charge in [-0.1, -0.05) is 12.1 Å². The van der Waals surface area contributed by atoms with Crippen molar-refractivity contribution in [2.24, 2.45) is 0 Å². The van der Waals surface area contributed by atoms with Crippen molar-refractivity contribution in [1.82, 2.24) is 14.9 Å². The first-order chi connectivity index (χ1) is 8.79. The lowest BCUT2D eigenvalue weighted by atomic mass is 10.1. The Balaban J connectivity index is 2.10. The zero-order valence-corrected chi connectivity index (χ0v) is 10.4. The van der Waals surface area contributed by atoms with Crippen molar-refractivity contribution < 1.29 is 4.39 Å². The topological polar surface area (TPSA) is 29.9 Å². The lowest BCUT2D eigenvalue weighted by molar-refractivity contribution is 0.628. The van der Waals surface area contributed by atoms with Crippen LogP contribution in [0.15, 0.2) is 24.3 Å². The zero-order chi connectivity index (χ0) is 12.5. The van der Waals surface area contributed by atoms with Crippen molar-refractivity contribution in [2.45, 2.75) is 25.9 Å². The van der Waals surface area contributed by atoms with Crippen molar-refractivity contribution in [3.63, 3.8) is 0 Å². The van der Waals surface area contributed by atoms with E-state index in [1.165, 1.54) is 11.8 Å². The summed E-state index contributed by atoms with van der Waals surface area (Å²) in [6.45, 7) is 1.77. The van der Waals surface area contributed by atoms with Crippen molar-refractivity contribution in [3.8, 4) is 11.3 Å². The van der Waals surface area contributed by atoms with Gasteiger partial charge >= 0.3 is 0 Å². The minimum Gasteiger partial charge on any atom is -0.330 e. The van der Waals surface area contributed by atoms with E-state index in [0.29, 0.717) is 0 Å². The van der Waals surface area contributed by atoms with Crippen LogP contribution in [0.1, 0.15) is 17.9 Å². The third kappa shape index (κ3) is 1.82. The van der Waals surface area contributed by atoms with Gasteiger partial charge in [-0.25, -0.2) is 9.37 Å². The monoisotopic (exact) mass is 245 g/mol. The highest BCUT2D eigenvalue weighted by Gasteiger charge is 2.21. The molecule has 0 fully saturated rings. The highest BCUT2D eigenvalue weighted by atomic mass is 19.1. The molecule has 1 aromatic heterocycles. The molecule has 1 N–H and O–H groups in total. The minimum atomic E-state index is -0.206. The average Bonchev–Trinajstić information content (AvgIpc) is 2.93. The molecule has 2 heterocycles. The molecule has 0 atom stereocenters. The van der Waals surface area contributed by atoms with Crippen LogP contribution in [0, 0.1) is 5.82 Å². The number of fused-ring (bicyclic) bond motifs is 1. The van der Waals surface area contributed by atoms with Gasteiger partial charge in [0.25, 0.3) is 0 Å². The van der Waals surface area contributed by atoms with Crippen LogP contribution < -0.4 is 5.32 Å². The largest absolute Gasteiger partial charge is 0.330 e. The molecule has 0 spiro atoms. The Labute approximate surface area is 106 Å². The summed E-state index contributed by atoms with van der Waals surface area (Å²) in [5, 5.41) is 3.13. The van der Waals surface area contributed by atoms with Crippen LogP contribution in [0.2, 0.25) is 0 Å². The van der Waals surface area contributed by atoms with Gasteiger partial charge in [0.1, 0.15) is 11.6 Å². The normalized spacial score (nSPS) is 13.9. The molecule has 1 aliphatic heterocycles. The fraction of sp³-hybridized carbons (Fsp3) is 0.357. The van der Waals surface area contributed by atoms with Gasteiger partial charge in [-0.15, -0.1) is 0 Å². The van der Waals surface area contributed by atoms with Gasteiger partial charge in [-0.3, -0.25) is 0 Å². The molecule has 0 saturated heterocycles. The first-order valence-electron chi connectivity index (χ1n) is 6.28. The minimum absolute atomic E-state index is 0.206. The van der Waals surface area contributed by atoms with Crippen LogP contribution in [-0.4, -0.2) is 16.6 Å². The molecule has 2 aromatic rings. The van der Waals surface area contributed by atoms with E-state index in [1.54, 1.807) is 12.1 Å². The van der Waals surface area contributed by atoms with Crippen LogP contribution in [0.4, 0.5) is 4.39 Å². The van der Waals surface area contributed by atoms with E-state index >= 15 is 0 Å². The average molecular weight is 245 g/mol. The van der Waals surface area contributed by atoms with E-state index in [1.807, 2.05) is 13.1 Å². The maximum Gasteiger partial charge on any atom is 0.123 e. The smallest absolute Gasteiger partial charge is 0.123 e. The van der Waals surface area contributed by atoms with E-state index in [9.17, 15) is 4.39 Å². The van der Waals surface area contributed by atoms with Gasteiger partial charge in [-0.2, -0.15) is 0 Å². The quantitative estimate of drug-likeness (QED) is 0.899. The molecule has 0 amide bonds. The Bertz CT molecular complexity index is 574. The highest BCUT2D eigenvalue weighted by molar-refractivity contribution is 5.63. The molecular formula is C14H16FN3. The number of imidazole rings is 1. The Morgan fingerprint density at radius 2 is 2.33 bits per heavy atom. The van der Waals surface area contributed by atoms with Crippen molar-refractivity contribution in [3.05, 3.63) is 41.6 Å². The van der Waals surface area contributed by atoms with E-state index in [4.69, 9.17) is 0 Å². The maximum absolute atomic E-state index is 13.3. The fourth-order valence-electron chi connectivity index (χ4n) is 2.62.